The monoisotopic (exact) mass is 200 g/mol. The van der Waals surface area contributed by atoms with Crippen LogP contribution in [0.15, 0.2) is 0 Å². The molecule has 0 aromatic rings. The molecule has 1 rings (SSSR count). The van der Waals surface area contributed by atoms with Crippen LogP contribution >= 0.6 is 0 Å². The van der Waals surface area contributed by atoms with E-state index in [1.807, 2.05) is 13.8 Å². The number of nitrogens with zero attached hydrogens (tertiary/aromatic N) is 1. The maximum Gasteiger partial charge on any atom is 0.320 e. The third kappa shape index (κ3) is 3.27. The van der Waals surface area contributed by atoms with Gasteiger partial charge in [0.2, 0.25) is 0 Å². The molecule has 0 amide bonds. The Morgan fingerprint density at radius 3 is 2.93 bits per heavy atom. The van der Waals surface area contributed by atoms with E-state index >= 15 is 0 Å². The van der Waals surface area contributed by atoms with Crippen molar-refractivity contribution in [3.05, 3.63) is 0 Å². The number of likely N-dealkylation sites (tertiary alicyclic amines) is 1. The van der Waals surface area contributed by atoms with Gasteiger partial charge in [-0.2, -0.15) is 0 Å². The number of nitrogens with two attached hydrogens (primary N) is 1. The number of rotatable bonds is 4. The van der Waals surface area contributed by atoms with Crippen molar-refractivity contribution in [2.45, 2.75) is 26.3 Å². The minimum Gasteiger partial charge on any atom is -0.465 e. The van der Waals surface area contributed by atoms with Crippen molar-refractivity contribution >= 4 is 5.97 Å². The van der Waals surface area contributed by atoms with Crippen LogP contribution < -0.4 is 5.73 Å². The summed E-state index contributed by atoms with van der Waals surface area (Å²) in [6, 6.07) is 0.224. The largest absolute Gasteiger partial charge is 0.465 e. The number of esters is 1. The lowest BCUT2D eigenvalue weighted by molar-refractivity contribution is -0.144. The van der Waals surface area contributed by atoms with Crippen LogP contribution in [0.3, 0.4) is 0 Å². The molecular formula is C10H20N2O2. The molecule has 1 fully saturated rings. The van der Waals surface area contributed by atoms with Crippen LogP contribution in [0, 0.1) is 5.92 Å². The SMILES string of the molecule is CCOC(=O)CN1CCC(C(C)N)C1. The van der Waals surface area contributed by atoms with Gasteiger partial charge in [-0.3, -0.25) is 9.69 Å². The van der Waals surface area contributed by atoms with Crippen LogP contribution in [0.2, 0.25) is 0 Å². The number of ether oxygens (including phenoxy) is 1. The molecule has 4 heteroatoms. The lowest BCUT2D eigenvalue weighted by Crippen LogP contribution is -2.32. The molecule has 4 nitrogen and oxygen atoms in total. The first-order valence-corrected chi connectivity index (χ1v) is 5.27. The van der Waals surface area contributed by atoms with Gasteiger partial charge >= 0.3 is 5.97 Å². The van der Waals surface area contributed by atoms with Crippen LogP contribution in [0.25, 0.3) is 0 Å². The first-order valence-electron chi connectivity index (χ1n) is 5.27. The van der Waals surface area contributed by atoms with E-state index in [0.717, 1.165) is 19.5 Å². The Labute approximate surface area is 85.4 Å². The Morgan fingerprint density at radius 2 is 2.43 bits per heavy atom. The predicted octanol–water partition coefficient (Wildman–Crippen LogP) is 0.219. The molecule has 2 N–H and O–H groups in total. The summed E-state index contributed by atoms with van der Waals surface area (Å²) in [7, 11) is 0. The lowest BCUT2D eigenvalue weighted by Gasteiger charge is -2.16. The van der Waals surface area contributed by atoms with E-state index in [1.54, 1.807) is 0 Å². The highest BCUT2D eigenvalue weighted by Crippen LogP contribution is 2.17. The Hall–Kier alpha value is -0.610. The summed E-state index contributed by atoms with van der Waals surface area (Å²) in [6.07, 6.45) is 1.09. The van der Waals surface area contributed by atoms with E-state index in [0.29, 0.717) is 19.1 Å². The minimum atomic E-state index is -0.127. The zero-order valence-electron chi connectivity index (χ0n) is 9.03. The van der Waals surface area contributed by atoms with E-state index in [9.17, 15) is 4.79 Å². The minimum absolute atomic E-state index is 0.127. The van der Waals surface area contributed by atoms with Crippen molar-refractivity contribution < 1.29 is 9.53 Å². The van der Waals surface area contributed by atoms with Gasteiger partial charge in [-0.25, -0.2) is 0 Å². The average molecular weight is 200 g/mol. The highest BCUT2D eigenvalue weighted by atomic mass is 16.5. The van der Waals surface area contributed by atoms with Crippen molar-refractivity contribution in [3.8, 4) is 0 Å². The van der Waals surface area contributed by atoms with Gasteiger partial charge in [-0.05, 0) is 32.7 Å². The molecule has 2 unspecified atom stereocenters. The summed E-state index contributed by atoms with van der Waals surface area (Å²) in [4.78, 5) is 13.3. The number of carbonyl (C=O) groups is 1. The molecule has 0 bridgehead atoms. The molecule has 1 heterocycles. The van der Waals surface area contributed by atoms with E-state index < -0.39 is 0 Å². The van der Waals surface area contributed by atoms with Gasteiger partial charge in [-0.15, -0.1) is 0 Å². The maximum atomic E-state index is 11.2. The van der Waals surface area contributed by atoms with Crippen molar-refractivity contribution in [2.24, 2.45) is 11.7 Å². The lowest BCUT2D eigenvalue weighted by atomic mass is 10.0. The van der Waals surface area contributed by atoms with Crippen LogP contribution in [-0.2, 0) is 9.53 Å². The number of hydrogen-bond donors (Lipinski definition) is 1. The molecule has 0 aromatic heterocycles. The van der Waals surface area contributed by atoms with Gasteiger partial charge < -0.3 is 10.5 Å². The van der Waals surface area contributed by atoms with Crippen LogP contribution in [0.5, 0.6) is 0 Å². The Bertz CT molecular complexity index is 195. The molecule has 2 atom stereocenters. The van der Waals surface area contributed by atoms with Crippen molar-refractivity contribution in [2.75, 3.05) is 26.2 Å². The van der Waals surface area contributed by atoms with Gasteiger partial charge in [0.1, 0.15) is 0 Å². The molecule has 0 saturated carbocycles. The molecule has 0 spiro atoms. The summed E-state index contributed by atoms with van der Waals surface area (Å²) >= 11 is 0. The molecule has 1 aliphatic rings. The molecule has 82 valence electrons. The van der Waals surface area contributed by atoms with Crippen molar-refractivity contribution in [3.63, 3.8) is 0 Å². The Morgan fingerprint density at radius 1 is 1.71 bits per heavy atom. The molecule has 0 aromatic carbocycles. The zero-order valence-corrected chi connectivity index (χ0v) is 9.03. The second kappa shape index (κ2) is 5.32. The summed E-state index contributed by atoms with van der Waals surface area (Å²) in [5.74, 6) is 0.405. The second-order valence-corrected chi connectivity index (χ2v) is 3.95. The molecule has 1 aliphatic heterocycles. The van der Waals surface area contributed by atoms with E-state index in [2.05, 4.69) is 4.90 Å². The topological polar surface area (TPSA) is 55.6 Å². The fourth-order valence-electron chi connectivity index (χ4n) is 1.82. The summed E-state index contributed by atoms with van der Waals surface area (Å²) in [6.45, 7) is 6.62. The van der Waals surface area contributed by atoms with Crippen LogP contribution in [0.4, 0.5) is 0 Å². The number of hydrogen-bond acceptors (Lipinski definition) is 4. The molecule has 0 aliphatic carbocycles. The normalized spacial score (nSPS) is 24.9. The molecular weight excluding hydrogens is 180 g/mol. The van der Waals surface area contributed by atoms with E-state index in [1.165, 1.54) is 0 Å². The summed E-state index contributed by atoms with van der Waals surface area (Å²) in [5.41, 5.74) is 5.81. The summed E-state index contributed by atoms with van der Waals surface area (Å²) < 4.78 is 4.89. The molecule has 0 radical (unpaired) electrons. The highest BCUT2D eigenvalue weighted by molar-refractivity contribution is 5.71. The quantitative estimate of drug-likeness (QED) is 0.659. The highest BCUT2D eigenvalue weighted by Gasteiger charge is 2.26. The first kappa shape index (κ1) is 11.5. The van der Waals surface area contributed by atoms with Gasteiger partial charge in [0.05, 0.1) is 13.2 Å². The van der Waals surface area contributed by atoms with Gasteiger partial charge in [0, 0.05) is 12.6 Å². The predicted molar refractivity (Wildman–Crippen MR) is 54.8 cm³/mol. The van der Waals surface area contributed by atoms with Crippen LogP contribution in [-0.4, -0.2) is 43.2 Å². The van der Waals surface area contributed by atoms with Gasteiger partial charge in [0.25, 0.3) is 0 Å². The molecule has 1 saturated heterocycles. The van der Waals surface area contributed by atoms with E-state index in [4.69, 9.17) is 10.5 Å². The smallest absolute Gasteiger partial charge is 0.320 e. The zero-order chi connectivity index (χ0) is 10.6. The van der Waals surface area contributed by atoms with Crippen LogP contribution in [0.1, 0.15) is 20.3 Å². The average Bonchev–Trinajstić information content (AvgIpc) is 2.53. The van der Waals surface area contributed by atoms with Crippen molar-refractivity contribution in [1.82, 2.24) is 4.90 Å². The first-order chi connectivity index (χ1) is 6.63. The maximum absolute atomic E-state index is 11.2. The second-order valence-electron chi connectivity index (χ2n) is 3.95. The third-order valence-electron chi connectivity index (χ3n) is 2.71. The summed E-state index contributed by atoms with van der Waals surface area (Å²) in [5, 5.41) is 0. The number of carbonyl (C=O) groups excluding carboxylic acids is 1. The van der Waals surface area contributed by atoms with E-state index in [-0.39, 0.29) is 12.0 Å². The fraction of sp³-hybridized carbons (Fsp3) is 0.900. The van der Waals surface area contributed by atoms with Gasteiger partial charge in [-0.1, -0.05) is 0 Å². The van der Waals surface area contributed by atoms with Crippen molar-refractivity contribution in [1.29, 1.82) is 0 Å². The Balaban J connectivity index is 2.25. The Kier molecular flexibility index (Phi) is 4.35. The molecule has 14 heavy (non-hydrogen) atoms. The third-order valence-corrected chi connectivity index (χ3v) is 2.71. The van der Waals surface area contributed by atoms with Gasteiger partial charge in [0.15, 0.2) is 0 Å². The standard InChI is InChI=1S/C10H20N2O2/c1-3-14-10(13)7-12-5-4-9(6-12)8(2)11/h8-9H,3-7,11H2,1-2H3. The fourth-order valence-corrected chi connectivity index (χ4v) is 1.82.